The smallest absolute Gasteiger partial charge is 0.337 e. The monoisotopic (exact) mass is 413 g/mol. The van der Waals surface area contributed by atoms with Gasteiger partial charge in [0.05, 0.1) is 17.0 Å². The first-order valence-corrected chi connectivity index (χ1v) is 8.93. The number of hydrogen-bond acceptors (Lipinski definition) is 3. The van der Waals surface area contributed by atoms with Crippen molar-refractivity contribution in [1.29, 1.82) is 0 Å². The predicted octanol–water partition coefficient (Wildman–Crippen LogP) is 4.67. The van der Waals surface area contributed by atoms with Crippen LogP contribution < -0.4 is 5.32 Å². The van der Waals surface area contributed by atoms with Crippen molar-refractivity contribution in [2.24, 2.45) is 0 Å². The SMILES string of the molecule is O=C(CSCc1cccc(Cl)c1)Nc1ccc(Br)cc1C(=O)O. The van der Waals surface area contributed by atoms with E-state index in [1.807, 2.05) is 18.2 Å². The van der Waals surface area contributed by atoms with E-state index < -0.39 is 5.97 Å². The zero-order valence-electron chi connectivity index (χ0n) is 11.9. The number of thioether (sulfide) groups is 1. The highest BCUT2D eigenvalue weighted by atomic mass is 79.9. The van der Waals surface area contributed by atoms with Gasteiger partial charge < -0.3 is 10.4 Å². The number of carbonyl (C=O) groups excluding carboxylic acids is 1. The topological polar surface area (TPSA) is 66.4 Å². The van der Waals surface area contributed by atoms with Gasteiger partial charge in [-0.25, -0.2) is 4.79 Å². The van der Waals surface area contributed by atoms with E-state index in [1.54, 1.807) is 18.2 Å². The van der Waals surface area contributed by atoms with Crippen LogP contribution in [-0.4, -0.2) is 22.7 Å². The Kier molecular flexibility index (Phi) is 6.50. The average Bonchev–Trinajstić information content (AvgIpc) is 2.49. The van der Waals surface area contributed by atoms with Crippen molar-refractivity contribution in [1.82, 2.24) is 0 Å². The molecule has 0 aliphatic heterocycles. The summed E-state index contributed by atoms with van der Waals surface area (Å²) >= 11 is 10.6. The van der Waals surface area contributed by atoms with Gasteiger partial charge in [-0.15, -0.1) is 11.8 Å². The van der Waals surface area contributed by atoms with Gasteiger partial charge in [0.25, 0.3) is 0 Å². The van der Waals surface area contributed by atoms with Gasteiger partial charge in [0.15, 0.2) is 0 Å². The number of anilines is 1. The van der Waals surface area contributed by atoms with E-state index in [-0.39, 0.29) is 22.9 Å². The third-order valence-corrected chi connectivity index (χ3v) is 4.61. The highest BCUT2D eigenvalue weighted by Gasteiger charge is 2.13. The molecule has 1 amide bonds. The molecule has 0 unspecified atom stereocenters. The number of rotatable bonds is 6. The molecular formula is C16H13BrClNO3S. The molecule has 2 aromatic carbocycles. The van der Waals surface area contributed by atoms with E-state index >= 15 is 0 Å². The molecule has 7 heteroatoms. The molecule has 0 atom stereocenters. The van der Waals surface area contributed by atoms with Crippen LogP contribution in [0.15, 0.2) is 46.9 Å². The number of carboxylic acids is 1. The molecule has 0 heterocycles. The summed E-state index contributed by atoms with van der Waals surface area (Å²) in [6.07, 6.45) is 0. The second-order valence-electron chi connectivity index (χ2n) is 4.67. The zero-order valence-corrected chi connectivity index (χ0v) is 15.0. The van der Waals surface area contributed by atoms with Crippen molar-refractivity contribution in [2.75, 3.05) is 11.1 Å². The second-order valence-corrected chi connectivity index (χ2v) is 7.00. The first kappa shape index (κ1) is 17.8. The molecule has 0 saturated heterocycles. The minimum atomic E-state index is -1.09. The molecule has 4 nitrogen and oxygen atoms in total. The fourth-order valence-corrected chi connectivity index (χ4v) is 3.23. The maximum absolute atomic E-state index is 12.0. The predicted molar refractivity (Wildman–Crippen MR) is 97.3 cm³/mol. The molecule has 2 N–H and O–H groups in total. The van der Waals surface area contributed by atoms with E-state index in [2.05, 4.69) is 21.2 Å². The lowest BCUT2D eigenvalue weighted by atomic mass is 10.2. The number of carbonyl (C=O) groups is 2. The van der Waals surface area contributed by atoms with Crippen LogP contribution in [0.3, 0.4) is 0 Å². The molecule has 0 saturated carbocycles. The maximum Gasteiger partial charge on any atom is 0.337 e. The van der Waals surface area contributed by atoms with Crippen molar-refractivity contribution in [2.45, 2.75) is 5.75 Å². The molecule has 0 bridgehead atoms. The molecule has 2 aromatic rings. The molecule has 23 heavy (non-hydrogen) atoms. The molecule has 120 valence electrons. The molecular weight excluding hydrogens is 402 g/mol. The Morgan fingerprint density at radius 1 is 1.22 bits per heavy atom. The van der Waals surface area contributed by atoms with Gasteiger partial charge >= 0.3 is 5.97 Å². The zero-order chi connectivity index (χ0) is 16.8. The highest BCUT2D eigenvalue weighted by molar-refractivity contribution is 9.10. The van der Waals surface area contributed by atoms with Crippen molar-refractivity contribution in [3.8, 4) is 0 Å². The lowest BCUT2D eigenvalue weighted by Gasteiger charge is -2.09. The van der Waals surface area contributed by atoms with Gasteiger partial charge in [-0.05, 0) is 35.9 Å². The Balaban J connectivity index is 1.91. The number of hydrogen-bond donors (Lipinski definition) is 2. The van der Waals surface area contributed by atoms with Crippen LogP contribution in [0.25, 0.3) is 0 Å². The summed E-state index contributed by atoms with van der Waals surface area (Å²) in [4.78, 5) is 23.2. The van der Waals surface area contributed by atoms with Gasteiger partial charge in [0, 0.05) is 15.2 Å². The van der Waals surface area contributed by atoms with E-state index in [4.69, 9.17) is 16.7 Å². The number of halogens is 2. The normalized spacial score (nSPS) is 10.3. The molecule has 0 aliphatic rings. The quantitative estimate of drug-likeness (QED) is 0.721. The number of aromatic carboxylic acids is 1. The molecule has 2 rings (SSSR count). The van der Waals surface area contributed by atoms with Crippen LogP contribution in [0.1, 0.15) is 15.9 Å². The Morgan fingerprint density at radius 3 is 2.70 bits per heavy atom. The Morgan fingerprint density at radius 2 is 2.00 bits per heavy atom. The van der Waals surface area contributed by atoms with Crippen LogP contribution in [0.5, 0.6) is 0 Å². The van der Waals surface area contributed by atoms with Crippen LogP contribution in [0.2, 0.25) is 5.02 Å². The van der Waals surface area contributed by atoms with Gasteiger partial charge in [-0.1, -0.05) is 39.7 Å². The summed E-state index contributed by atoms with van der Waals surface area (Å²) in [6.45, 7) is 0. The van der Waals surface area contributed by atoms with Crippen LogP contribution in [0.4, 0.5) is 5.69 Å². The molecule has 0 fully saturated rings. The first-order valence-electron chi connectivity index (χ1n) is 6.60. The summed E-state index contributed by atoms with van der Waals surface area (Å²) in [5.74, 6) is -0.461. The van der Waals surface area contributed by atoms with Crippen LogP contribution in [0, 0.1) is 0 Å². The third-order valence-electron chi connectivity index (χ3n) is 2.88. The standard InChI is InChI=1S/C16H13BrClNO3S/c17-11-4-5-14(13(7-11)16(21)22)19-15(20)9-23-8-10-2-1-3-12(18)6-10/h1-7H,8-9H2,(H,19,20)(H,21,22). The van der Waals surface area contributed by atoms with Crippen molar-refractivity contribution in [3.63, 3.8) is 0 Å². The van der Waals surface area contributed by atoms with Gasteiger partial charge in [0.1, 0.15) is 0 Å². The first-order chi connectivity index (χ1) is 11.0. The minimum Gasteiger partial charge on any atom is -0.478 e. The molecule has 0 radical (unpaired) electrons. The Labute approximate surface area is 151 Å². The second kappa shape index (κ2) is 8.38. The van der Waals surface area contributed by atoms with Gasteiger partial charge in [0.2, 0.25) is 5.91 Å². The van der Waals surface area contributed by atoms with Gasteiger partial charge in [-0.3, -0.25) is 4.79 Å². The summed E-state index contributed by atoms with van der Waals surface area (Å²) in [5, 5.41) is 12.5. The van der Waals surface area contributed by atoms with E-state index in [0.717, 1.165) is 5.56 Å². The molecule has 0 aromatic heterocycles. The average molecular weight is 415 g/mol. The summed E-state index contributed by atoms with van der Waals surface area (Å²) < 4.78 is 0.642. The van der Waals surface area contributed by atoms with Crippen LogP contribution in [-0.2, 0) is 10.5 Å². The van der Waals surface area contributed by atoms with E-state index in [1.165, 1.54) is 17.8 Å². The molecule has 0 aliphatic carbocycles. The summed E-state index contributed by atoms with van der Waals surface area (Å²) in [6, 6.07) is 12.1. The lowest BCUT2D eigenvalue weighted by molar-refractivity contribution is -0.113. The van der Waals surface area contributed by atoms with Crippen molar-refractivity contribution >= 4 is 56.9 Å². The van der Waals surface area contributed by atoms with E-state index in [9.17, 15) is 9.59 Å². The number of nitrogens with one attached hydrogen (secondary N) is 1. The minimum absolute atomic E-state index is 0.0487. The number of amides is 1. The maximum atomic E-state index is 12.0. The summed E-state index contributed by atoms with van der Waals surface area (Å²) in [7, 11) is 0. The highest BCUT2D eigenvalue weighted by Crippen LogP contribution is 2.22. The number of benzene rings is 2. The van der Waals surface area contributed by atoms with Crippen molar-refractivity contribution < 1.29 is 14.7 Å². The fourth-order valence-electron chi connectivity index (χ4n) is 1.88. The van der Waals surface area contributed by atoms with Crippen molar-refractivity contribution in [3.05, 3.63) is 63.1 Å². The largest absolute Gasteiger partial charge is 0.478 e. The lowest BCUT2D eigenvalue weighted by Crippen LogP contribution is -2.16. The van der Waals surface area contributed by atoms with Crippen LogP contribution >= 0.6 is 39.3 Å². The Bertz CT molecular complexity index is 739. The molecule has 0 spiro atoms. The van der Waals surface area contributed by atoms with E-state index in [0.29, 0.717) is 15.2 Å². The third kappa shape index (κ3) is 5.57. The van der Waals surface area contributed by atoms with Gasteiger partial charge in [-0.2, -0.15) is 0 Å². The fraction of sp³-hybridized carbons (Fsp3) is 0.125. The number of carboxylic acid groups (broad SMARTS) is 1. The Hall–Kier alpha value is -1.50. The summed E-state index contributed by atoms with van der Waals surface area (Å²) in [5.41, 5.74) is 1.37.